The number of carbonyl (C=O) groups is 1. The van der Waals surface area contributed by atoms with Gasteiger partial charge in [-0.3, -0.25) is 4.79 Å². The fourth-order valence-corrected chi connectivity index (χ4v) is 2.49. The van der Waals surface area contributed by atoms with Crippen molar-refractivity contribution >= 4 is 15.9 Å². The van der Waals surface area contributed by atoms with E-state index < -0.39 is 10.0 Å². The molecule has 16 heavy (non-hydrogen) atoms. The van der Waals surface area contributed by atoms with E-state index in [4.69, 9.17) is 0 Å². The summed E-state index contributed by atoms with van der Waals surface area (Å²) in [4.78, 5) is 13.5. The third-order valence-corrected chi connectivity index (χ3v) is 3.52. The van der Waals surface area contributed by atoms with Gasteiger partial charge in [-0.1, -0.05) is 6.92 Å². The lowest BCUT2D eigenvalue weighted by Gasteiger charge is -2.35. The highest BCUT2D eigenvalue weighted by molar-refractivity contribution is 7.88. The largest absolute Gasteiger partial charge is 0.338 e. The molecule has 0 bridgehead atoms. The molecule has 1 fully saturated rings. The summed E-state index contributed by atoms with van der Waals surface area (Å²) in [5, 5.41) is 0. The van der Waals surface area contributed by atoms with E-state index in [1.54, 1.807) is 0 Å². The third kappa shape index (κ3) is 4.09. The molecular weight excluding hydrogens is 228 g/mol. The summed E-state index contributed by atoms with van der Waals surface area (Å²) >= 11 is 0. The van der Waals surface area contributed by atoms with E-state index in [2.05, 4.69) is 4.72 Å². The van der Waals surface area contributed by atoms with Gasteiger partial charge >= 0.3 is 0 Å². The minimum Gasteiger partial charge on any atom is -0.338 e. The van der Waals surface area contributed by atoms with Crippen LogP contribution in [0.1, 0.15) is 32.6 Å². The number of piperidine rings is 1. The van der Waals surface area contributed by atoms with Gasteiger partial charge in [0.2, 0.25) is 15.9 Å². The predicted octanol–water partition coefficient (Wildman–Crippen LogP) is 0.327. The molecule has 1 aliphatic heterocycles. The summed E-state index contributed by atoms with van der Waals surface area (Å²) in [6, 6.07) is 0.0240. The number of hydrogen-bond donors (Lipinski definition) is 1. The van der Waals surface area contributed by atoms with Crippen LogP contribution in [0.25, 0.3) is 0 Å². The Morgan fingerprint density at radius 2 is 2.12 bits per heavy atom. The van der Waals surface area contributed by atoms with Gasteiger partial charge in [-0.25, -0.2) is 13.1 Å². The number of nitrogens with zero attached hydrogens (tertiary/aromatic N) is 1. The van der Waals surface area contributed by atoms with Gasteiger partial charge in [0.05, 0.1) is 6.26 Å². The monoisotopic (exact) mass is 248 g/mol. The molecule has 0 aromatic heterocycles. The second-order valence-electron chi connectivity index (χ2n) is 4.21. The molecule has 1 heterocycles. The molecule has 0 aromatic carbocycles. The van der Waals surface area contributed by atoms with Gasteiger partial charge in [-0.2, -0.15) is 0 Å². The van der Waals surface area contributed by atoms with E-state index in [1.165, 1.54) is 0 Å². The van der Waals surface area contributed by atoms with E-state index in [1.807, 2.05) is 11.8 Å². The highest BCUT2D eigenvalue weighted by Crippen LogP contribution is 2.17. The number of likely N-dealkylation sites (tertiary alicyclic amines) is 1. The van der Waals surface area contributed by atoms with Crippen molar-refractivity contribution < 1.29 is 13.2 Å². The maximum atomic E-state index is 11.7. The van der Waals surface area contributed by atoms with Crippen LogP contribution < -0.4 is 4.72 Å². The van der Waals surface area contributed by atoms with Gasteiger partial charge in [-0.05, 0) is 19.3 Å². The molecule has 0 aliphatic carbocycles. The van der Waals surface area contributed by atoms with Gasteiger partial charge in [0.25, 0.3) is 0 Å². The van der Waals surface area contributed by atoms with Gasteiger partial charge in [0.15, 0.2) is 0 Å². The molecule has 1 saturated heterocycles. The molecule has 1 atom stereocenters. The molecule has 1 N–H and O–H groups in total. The molecule has 1 rings (SSSR count). The number of carbonyl (C=O) groups excluding carboxylic acids is 1. The van der Waals surface area contributed by atoms with Crippen molar-refractivity contribution in [3.8, 4) is 0 Å². The van der Waals surface area contributed by atoms with Crippen molar-refractivity contribution in [3.63, 3.8) is 0 Å². The number of rotatable bonds is 4. The van der Waals surface area contributed by atoms with Crippen molar-refractivity contribution in [1.82, 2.24) is 9.62 Å². The first-order valence-corrected chi connectivity index (χ1v) is 7.57. The first-order chi connectivity index (χ1) is 7.44. The molecule has 1 aliphatic rings. The summed E-state index contributed by atoms with van der Waals surface area (Å²) in [6.07, 6.45) is 4.58. The Labute approximate surface area is 97.2 Å². The standard InChI is InChI=1S/C10H20N2O3S/c1-3-10(13)12-7-5-4-6-9(12)8-11-16(2,14)15/h9,11H,3-8H2,1-2H3. The summed E-state index contributed by atoms with van der Waals surface area (Å²) in [5.41, 5.74) is 0. The smallest absolute Gasteiger partial charge is 0.222 e. The SMILES string of the molecule is CCC(=O)N1CCCCC1CNS(C)(=O)=O. The Hall–Kier alpha value is -0.620. The van der Waals surface area contributed by atoms with Gasteiger partial charge in [0, 0.05) is 25.6 Å². The van der Waals surface area contributed by atoms with Crippen molar-refractivity contribution in [2.45, 2.75) is 38.6 Å². The average Bonchev–Trinajstić information content (AvgIpc) is 2.25. The highest BCUT2D eigenvalue weighted by atomic mass is 32.2. The van der Waals surface area contributed by atoms with Gasteiger partial charge < -0.3 is 4.90 Å². The number of sulfonamides is 1. The Balaban J connectivity index is 2.57. The van der Waals surface area contributed by atoms with Crippen molar-refractivity contribution in [2.75, 3.05) is 19.3 Å². The Bertz CT molecular complexity index is 340. The maximum Gasteiger partial charge on any atom is 0.222 e. The zero-order chi connectivity index (χ0) is 12.2. The summed E-state index contributed by atoms with van der Waals surface area (Å²) in [5.74, 6) is 0.111. The van der Waals surface area contributed by atoms with Gasteiger partial charge in [0.1, 0.15) is 0 Å². The van der Waals surface area contributed by atoms with Crippen LogP contribution in [0.15, 0.2) is 0 Å². The molecule has 5 nitrogen and oxygen atoms in total. The minimum absolute atomic E-state index is 0.0240. The van der Waals surface area contributed by atoms with E-state index >= 15 is 0 Å². The zero-order valence-electron chi connectivity index (χ0n) is 9.90. The summed E-state index contributed by atoms with van der Waals surface area (Å²) < 4.78 is 24.5. The molecule has 0 aromatic rings. The molecule has 6 heteroatoms. The molecule has 0 saturated carbocycles. The number of nitrogens with one attached hydrogen (secondary N) is 1. The van der Waals surface area contributed by atoms with Crippen LogP contribution in [0, 0.1) is 0 Å². The fourth-order valence-electron chi connectivity index (χ4n) is 1.99. The normalized spacial score (nSPS) is 22.1. The molecule has 0 spiro atoms. The molecule has 1 amide bonds. The van der Waals surface area contributed by atoms with E-state index in [-0.39, 0.29) is 11.9 Å². The molecule has 1 unspecified atom stereocenters. The summed E-state index contributed by atoms with van der Waals surface area (Å²) in [6.45, 7) is 2.92. The van der Waals surface area contributed by atoms with Crippen LogP contribution in [0.2, 0.25) is 0 Å². The number of amides is 1. The first kappa shape index (κ1) is 13.4. The third-order valence-electron chi connectivity index (χ3n) is 2.83. The Kier molecular flexibility index (Phi) is 4.73. The van der Waals surface area contributed by atoms with Crippen LogP contribution in [0.5, 0.6) is 0 Å². The average molecular weight is 248 g/mol. The zero-order valence-corrected chi connectivity index (χ0v) is 10.7. The topological polar surface area (TPSA) is 66.5 Å². The quantitative estimate of drug-likeness (QED) is 0.779. The van der Waals surface area contributed by atoms with Crippen LogP contribution >= 0.6 is 0 Å². The Morgan fingerprint density at radius 1 is 1.44 bits per heavy atom. The second kappa shape index (κ2) is 5.63. The minimum atomic E-state index is -3.17. The van der Waals surface area contributed by atoms with Crippen LogP contribution in [-0.4, -0.2) is 44.6 Å². The lowest BCUT2D eigenvalue weighted by atomic mass is 10.0. The molecule has 0 radical (unpaired) electrons. The van der Waals surface area contributed by atoms with Crippen LogP contribution in [-0.2, 0) is 14.8 Å². The maximum absolute atomic E-state index is 11.7. The molecule has 94 valence electrons. The Morgan fingerprint density at radius 3 is 2.69 bits per heavy atom. The first-order valence-electron chi connectivity index (χ1n) is 5.68. The van der Waals surface area contributed by atoms with Crippen LogP contribution in [0.4, 0.5) is 0 Å². The van der Waals surface area contributed by atoms with Crippen LogP contribution in [0.3, 0.4) is 0 Å². The van der Waals surface area contributed by atoms with Gasteiger partial charge in [-0.15, -0.1) is 0 Å². The van der Waals surface area contributed by atoms with E-state index in [9.17, 15) is 13.2 Å². The predicted molar refractivity (Wildman–Crippen MR) is 62.5 cm³/mol. The van der Waals surface area contributed by atoms with Crippen molar-refractivity contribution in [2.24, 2.45) is 0 Å². The number of hydrogen-bond acceptors (Lipinski definition) is 3. The summed E-state index contributed by atoms with van der Waals surface area (Å²) in [7, 11) is -3.17. The second-order valence-corrected chi connectivity index (χ2v) is 6.04. The highest BCUT2D eigenvalue weighted by Gasteiger charge is 2.25. The lowest BCUT2D eigenvalue weighted by molar-refractivity contribution is -0.134. The van der Waals surface area contributed by atoms with E-state index in [0.717, 1.165) is 32.1 Å². The van der Waals surface area contributed by atoms with Crippen molar-refractivity contribution in [3.05, 3.63) is 0 Å². The van der Waals surface area contributed by atoms with E-state index in [0.29, 0.717) is 13.0 Å². The fraction of sp³-hybridized carbons (Fsp3) is 0.900. The lowest BCUT2D eigenvalue weighted by Crippen LogP contribution is -2.49. The van der Waals surface area contributed by atoms with Crippen molar-refractivity contribution in [1.29, 1.82) is 0 Å². The molecular formula is C10H20N2O3S.